The van der Waals surface area contributed by atoms with E-state index < -0.39 is 28.2 Å². The fraction of sp³-hybridized carbons (Fsp3) is 0.294. The molecule has 1 aromatic heterocycles. The third-order valence-electron chi connectivity index (χ3n) is 4.16. The van der Waals surface area contributed by atoms with Crippen molar-refractivity contribution in [2.45, 2.75) is 32.1 Å². The molecule has 9 heteroatoms. The molecule has 1 aliphatic carbocycles. The van der Waals surface area contributed by atoms with Crippen LogP contribution in [-0.4, -0.2) is 16.7 Å². The molecular formula is C17H16FN3O4S. The van der Waals surface area contributed by atoms with Crippen LogP contribution >= 0.6 is 11.3 Å². The quantitative estimate of drug-likeness (QED) is 0.487. The molecule has 1 aliphatic rings. The van der Waals surface area contributed by atoms with Crippen LogP contribution < -0.4 is 10.9 Å². The van der Waals surface area contributed by atoms with Crippen molar-refractivity contribution >= 4 is 28.8 Å². The van der Waals surface area contributed by atoms with Crippen molar-refractivity contribution in [3.05, 3.63) is 61.1 Å². The predicted molar refractivity (Wildman–Crippen MR) is 93.6 cm³/mol. The number of amides is 2. The van der Waals surface area contributed by atoms with E-state index in [9.17, 15) is 24.1 Å². The maximum absolute atomic E-state index is 13.3. The predicted octanol–water partition coefficient (Wildman–Crippen LogP) is 3.14. The highest BCUT2D eigenvalue weighted by molar-refractivity contribution is 7.14. The number of rotatable bonds is 3. The first-order valence-electron chi connectivity index (χ1n) is 8.12. The van der Waals surface area contributed by atoms with E-state index in [0.29, 0.717) is 4.88 Å². The molecule has 0 atom stereocenters. The molecule has 0 fully saturated rings. The summed E-state index contributed by atoms with van der Waals surface area (Å²) in [4.78, 5) is 35.8. The average Bonchev–Trinajstić information content (AvgIpc) is 2.90. The van der Waals surface area contributed by atoms with Crippen molar-refractivity contribution in [1.82, 2.24) is 10.9 Å². The van der Waals surface area contributed by atoms with Crippen LogP contribution in [0.5, 0.6) is 0 Å². The second kappa shape index (κ2) is 7.61. The van der Waals surface area contributed by atoms with Gasteiger partial charge in [-0.15, -0.1) is 11.3 Å². The van der Waals surface area contributed by atoms with Gasteiger partial charge in [-0.25, -0.2) is 0 Å². The van der Waals surface area contributed by atoms with Crippen LogP contribution in [0.15, 0.2) is 24.3 Å². The first kappa shape index (κ1) is 18.0. The van der Waals surface area contributed by atoms with Gasteiger partial charge in [0.1, 0.15) is 0 Å². The summed E-state index contributed by atoms with van der Waals surface area (Å²) in [6.45, 7) is 0. The Morgan fingerprint density at radius 1 is 1.08 bits per heavy atom. The summed E-state index contributed by atoms with van der Waals surface area (Å²) in [5, 5.41) is 10.7. The van der Waals surface area contributed by atoms with E-state index in [-0.39, 0.29) is 5.56 Å². The number of carbonyl (C=O) groups is 2. The molecule has 2 N–H and O–H groups in total. The van der Waals surface area contributed by atoms with Crippen LogP contribution in [0.3, 0.4) is 0 Å². The first-order chi connectivity index (χ1) is 12.5. The Morgan fingerprint density at radius 2 is 1.81 bits per heavy atom. The normalized spacial score (nSPS) is 13.4. The lowest BCUT2D eigenvalue weighted by molar-refractivity contribution is -0.387. The first-order valence-corrected chi connectivity index (χ1v) is 8.93. The van der Waals surface area contributed by atoms with Gasteiger partial charge in [0.25, 0.3) is 11.8 Å². The van der Waals surface area contributed by atoms with E-state index >= 15 is 0 Å². The van der Waals surface area contributed by atoms with E-state index in [1.54, 1.807) is 0 Å². The molecule has 136 valence electrons. The highest BCUT2D eigenvalue weighted by Gasteiger charge is 2.19. The van der Waals surface area contributed by atoms with Crippen molar-refractivity contribution in [3.8, 4) is 0 Å². The molecule has 2 amide bonds. The van der Waals surface area contributed by atoms with E-state index in [1.165, 1.54) is 28.2 Å². The van der Waals surface area contributed by atoms with Crippen LogP contribution in [0, 0.1) is 15.9 Å². The summed E-state index contributed by atoms with van der Waals surface area (Å²) in [7, 11) is 0. The fourth-order valence-electron chi connectivity index (χ4n) is 2.82. The Morgan fingerprint density at radius 3 is 2.58 bits per heavy atom. The molecule has 0 unspecified atom stereocenters. The average molecular weight is 377 g/mol. The number of fused-ring (bicyclic) bond motifs is 1. The highest BCUT2D eigenvalue weighted by Crippen LogP contribution is 2.28. The van der Waals surface area contributed by atoms with Crippen LogP contribution in [0.4, 0.5) is 10.1 Å². The van der Waals surface area contributed by atoms with Crippen molar-refractivity contribution in [1.29, 1.82) is 0 Å². The number of nitro benzene ring substituents is 1. The summed E-state index contributed by atoms with van der Waals surface area (Å²) in [5.41, 5.74) is 4.75. The molecule has 0 radical (unpaired) electrons. The molecule has 0 saturated heterocycles. The number of aryl methyl sites for hydroxylation is 2. The minimum atomic E-state index is -1.03. The van der Waals surface area contributed by atoms with Gasteiger partial charge in [0, 0.05) is 16.5 Å². The maximum atomic E-state index is 13.3. The van der Waals surface area contributed by atoms with Gasteiger partial charge >= 0.3 is 5.69 Å². The van der Waals surface area contributed by atoms with Crippen molar-refractivity contribution in [2.24, 2.45) is 0 Å². The lowest BCUT2D eigenvalue weighted by atomic mass is 10.1. The number of benzene rings is 1. The number of nitrogens with zero attached hydrogens (tertiary/aromatic N) is 1. The molecule has 1 heterocycles. The van der Waals surface area contributed by atoms with Gasteiger partial charge in [0.2, 0.25) is 5.82 Å². The molecule has 1 aromatic carbocycles. The van der Waals surface area contributed by atoms with Crippen LogP contribution in [-0.2, 0) is 12.8 Å². The van der Waals surface area contributed by atoms with E-state index in [1.807, 2.05) is 6.07 Å². The van der Waals surface area contributed by atoms with Gasteiger partial charge in [-0.3, -0.25) is 30.6 Å². The number of hydrogen-bond acceptors (Lipinski definition) is 5. The number of nitro groups is 1. The number of hydrazine groups is 1. The molecule has 0 saturated carbocycles. The van der Waals surface area contributed by atoms with Crippen molar-refractivity contribution < 1.29 is 18.9 Å². The highest BCUT2D eigenvalue weighted by atomic mass is 32.1. The summed E-state index contributed by atoms with van der Waals surface area (Å²) >= 11 is 1.41. The fourth-order valence-corrected chi connectivity index (χ4v) is 3.97. The van der Waals surface area contributed by atoms with E-state index in [4.69, 9.17) is 0 Å². The number of carbonyl (C=O) groups excluding carboxylic acids is 2. The third-order valence-corrected chi connectivity index (χ3v) is 5.40. The Balaban J connectivity index is 1.65. The summed E-state index contributed by atoms with van der Waals surface area (Å²) in [6.07, 6.45) is 5.30. The lowest BCUT2D eigenvalue weighted by Crippen LogP contribution is -2.41. The maximum Gasteiger partial charge on any atom is 0.305 e. The molecule has 0 bridgehead atoms. The minimum absolute atomic E-state index is 0.125. The minimum Gasteiger partial charge on any atom is -0.267 e. The Labute approximate surface area is 152 Å². The molecule has 7 nitrogen and oxygen atoms in total. The van der Waals surface area contributed by atoms with Crippen molar-refractivity contribution in [2.75, 3.05) is 0 Å². The topological polar surface area (TPSA) is 101 Å². The van der Waals surface area contributed by atoms with Gasteiger partial charge in [-0.05, 0) is 49.4 Å². The molecule has 3 rings (SSSR count). The number of thiophene rings is 1. The SMILES string of the molecule is O=C(NNC(=O)c1cc2c(s1)CCCCC2)c1ccc(F)c([N+](=O)[O-])c1. The summed E-state index contributed by atoms with van der Waals surface area (Å²) in [5.74, 6) is -2.25. The second-order valence-electron chi connectivity index (χ2n) is 5.95. The van der Waals surface area contributed by atoms with Crippen LogP contribution in [0.2, 0.25) is 0 Å². The van der Waals surface area contributed by atoms with Gasteiger partial charge in [0.15, 0.2) is 0 Å². The van der Waals surface area contributed by atoms with E-state index in [2.05, 4.69) is 10.9 Å². The molecule has 2 aromatic rings. The Bertz CT molecular complexity index is 857. The Kier molecular flexibility index (Phi) is 5.27. The lowest BCUT2D eigenvalue weighted by Gasteiger charge is -2.06. The Hall–Kier alpha value is -2.81. The van der Waals surface area contributed by atoms with Crippen LogP contribution in [0.1, 0.15) is 49.7 Å². The van der Waals surface area contributed by atoms with Gasteiger partial charge < -0.3 is 0 Å². The standard InChI is InChI=1S/C17H16FN3O4S/c18-12-7-6-11(8-13(12)21(24)25)16(22)19-20-17(23)15-9-10-4-2-1-3-5-14(10)26-15/h6-9H,1-5H2,(H,19,22)(H,20,23). The zero-order chi connectivity index (χ0) is 18.7. The largest absolute Gasteiger partial charge is 0.305 e. The third kappa shape index (κ3) is 3.88. The zero-order valence-corrected chi connectivity index (χ0v) is 14.5. The molecular weight excluding hydrogens is 361 g/mol. The number of nitrogens with one attached hydrogen (secondary N) is 2. The number of halogens is 1. The monoisotopic (exact) mass is 377 g/mol. The van der Waals surface area contributed by atoms with Crippen molar-refractivity contribution in [3.63, 3.8) is 0 Å². The van der Waals surface area contributed by atoms with Gasteiger partial charge in [0.05, 0.1) is 9.80 Å². The van der Waals surface area contributed by atoms with Gasteiger partial charge in [-0.1, -0.05) is 6.42 Å². The molecule has 26 heavy (non-hydrogen) atoms. The molecule has 0 spiro atoms. The smallest absolute Gasteiger partial charge is 0.267 e. The van der Waals surface area contributed by atoms with Gasteiger partial charge in [-0.2, -0.15) is 4.39 Å². The second-order valence-corrected chi connectivity index (χ2v) is 7.09. The summed E-state index contributed by atoms with van der Waals surface area (Å²) < 4.78 is 13.3. The molecule has 0 aliphatic heterocycles. The van der Waals surface area contributed by atoms with Crippen LogP contribution in [0.25, 0.3) is 0 Å². The van der Waals surface area contributed by atoms with E-state index in [0.717, 1.165) is 43.9 Å². The zero-order valence-electron chi connectivity index (χ0n) is 13.7. The summed E-state index contributed by atoms with van der Waals surface area (Å²) in [6, 6.07) is 4.61. The number of hydrogen-bond donors (Lipinski definition) is 2.